The van der Waals surface area contributed by atoms with Crippen LogP contribution in [0.2, 0.25) is 0 Å². The fourth-order valence-electron chi connectivity index (χ4n) is 4.95. The lowest BCUT2D eigenvalue weighted by molar-refractivity contribution is -0.0520. The number of nitrogens with zero attached hydrogens (tertiary/aromatic N) is 2. The summed E-state index contributed by atoms with van der Waals surface area (Å²) in [5.74, 6) is 0.331. The third-order valence-electron chi connectivity index (χ3n) is 6.31. The third-order valence-corrected chi connectivity index (χ3v) is 6.31. The fraction of sp³-hybridized carbons (Fsp3) is 0.650. The summed E-state index contributed by atoms with van der Waals surface area (Å²) in [6, 6.07) is 7.46. The van der Waals surface area contributed by atoms with Crippen LogP contribution in [-0.4, -0.2) is 77.5 Å². The van der Waals surface area contributed by atoms with E-state index in [4.69, 9.17) is 9.84 Å². The molecule has 2 N–H and O–H groups in total. The number of aromatic carboxylic acids is 1. The summed E-state index contributed by atoms with van der Waals surface area (Å²) in [6.45, 7) is 6.35. The molecule has 0 spiro atoms. The maximum atomic E-state index is 11.0. The number of rotatable bonds is 4. The van der Waals surface area contributed by atoms with E-state index in [0.717, 1.165) is 64.3 Å². The molecule has 0 amide bonds. The van der Waals surface area contributed by atoms with Gasteiger partial charge in [-0.2, -0.15) is 0 Å². The summed E-state index contributed by atoms with van der Waals surface area (Å²) in [4.78, 5) is 15.8. The van der Waals surface area contributed by atoms with E-state index in [2.05, 4.69) is 9.80 Å². The van der Waals surface area contributed by atoms with Crippen molar-refractivity contribution < 1.29 is 19.7 Å². The number of carboxylic acid groups (broad SMARTS) is 1. The second kappa shape index (κ2) is 7.64. The van der Waals surface area contributed by atoms with Crippen molar-refractivity contribution in [2.75, 3.05) is 39.4 Å². The van der Waals surface area contributed by atoms with E-state index in [1.165, 1.54) is 0 Å². The van der Waals surface area contributed by atoms with Gasteiger partial charge in [-0.15, -0.1) is 0 Å². The molecule has 1 aromatic rings. The van der Waals surface area contributed by atoms with Crippen molar-refractivity contribution in [3.8, 4) is 0 Å². The first-order valence-electron chi connectivity index (χ1n) is 9.64. The third kappa shape index (κ3) is 3.78. The highest BCUT2D eigenvalue weighted by Crippen LogP contribution is 2.38. The SMILES string of the molecule is O=C(O)c1ccc(CN2C[C@H]3C[C@@H](N4CCOCC4)[C@H](O)C[C@H]3C2)cc1. The van der Waals surface area contributed by atoms with Gasteiger partial charge in [0.05, 0.1) is 24.9 Å². The minimum Gasteiger partial charge on any atom is -0.478 e. The van der Waals surface area contributed by atoms with Crippen molar-refractivity contribution >= 4 is 5.97 Å². The number of ether oxygens (including phenoxy) is 1. The number of likely N-dealkylation sites (tertiary alicyclic amines) is 1. The minimum atomic E-state index is -0.883. The lowest BCUT2D eigenvalue weighted by Gasteiger charge is -2.43. The highest BCUT2D eigenvalue weighted by atomic mass is 16.5. The van der Waals surface area contributed by atoms with Gasteiger partial charge in [-0.25, -0.2) is 4.79 Å². The van der Waals surface area contributed by atoms with Crippen molar-refractivity contribution in [1.82, 2.24) is 9.80 Å². The second-order valence-electron chi connectivity index (χ2n) is 7.97. The van der Waals surface area contributed by atoms with Crippen LogP contribution >= 0.6 is 0 Å². The van der Waals surface area contributed by atoms with Crippen LogP contribution in [0.15, 0.2) is 24.3 Å². The first-order chi connectivity index (χ1) is 12.6. The number of fused-ring (bicyclic) bond motifs is 1. The van der Waals surface area contributed by atoms with Gasteiger partial charge >= 0.3 is 5.97 Å². The fourth-order valence-corrected chi connectivity index (χ4v) is 4.95. The number of benzene rings is 1. The number of hydrogen-bond acceptors (Lipinski definition) is 5. The zero-order valence-electron chi connectivity index (χ0n) is 15.1. The van der Waals surface area contributed by atoms with Crippen molar-refractivity contribution in [2.24, 2.45) is 11.8 Å². The Hall–Kier alpha value is -1.47. The van der Waals surface area contributed by atoms with Gasteiger partial charge in [0, 0.05) is 38.8 Å². The molecule has 0 aromatic heterocycles. The molecule has 2 heterocycles. The molecule has 0 radical (unpaired) electrons. The van der Waals surface area contributed by atoms with Crippen molar-refractivity contribution in [2.45, 2.75) is 31.5 Å². The first-order valence-corrected chi connectivity index (χ1v) is 9.64. The van der Waals surface area contributed by atoms with E-state index in [1.807, 2.05) is 12.1 Å². The summed E-state index contributed by atoms with van der Waals surface area (Å²) in [5.41, 5.74) is 1.49. The molecule has 0 bridgehead atoms. The van der Waals surface area contributed by atoms with Crippen LogP contribution in [0.3, 0.4) is 0 Å². The minimum absolute atomic E-state index is 0.232. The molecule has 1 aromatic carbocycles. The molecule has 1 saturated carbocycles. The highest BCUT2D eigenvalue weighted by Gasteiger charge is 2.43. The van der Waals surface area contributed by atoms with Gasteiger partial charge in [0.2, 0.25) is 0 Å². The molecule has 1 aliphatic carbocycles. The maximum absolute atomic E-state index is 11.0. The van der Waals surface area contributed by atoms with E-state index in [0.29, 0.717) is 17.4 Å². The van der Waals surface area contributed by atoms with Crippen LogP contribution in [0.4, 0.5) is 0 Å². The van der Waals surface area contributed by atoms with Crippen LogP contribution in [0, 0.1) is 11.8 Å². The number of aliphatic hydroxyl groups is 1. The van der Waals surface area contributed by atoms with Crippen LogP contribution in [0.5, 0.6) is 0 Å². The van der Waals surface area contributed by atoms with E-state index < -0.39 is 5.97 Å². The Morgan fingerprint density at radius 3 is 2.38 bits per heavy atom. The predicted molar refractivity (Wildman–Crippen MR) is 97.1 cm³/mol. The second-order valence-corrected chi connectivity index (χ2v) is 7.97. The number of morpholine rings is 1. The number of carbonyl (C=O) groups is 1. The van der Waals surface area contributed by atoms with Crippen LogP contribution < -0.4 is 0 Å². The van der Waals surface area contributed by atoms with Gasteiger partial charge in [0.1, 0.15) is 0 Å². The lowest BCUT2D eigenvalue weighted by atomic mass is 9.77. The number of aliphatic hydroxyl groups excluding tert-OH is 1. The molecule has 4 rings (SSSR count). The molecular formula is C20H28N2O4. The van der Waals surface area contributed by atoms with Crippen molar-refractivity contribution in [3.63, 3.8) is 0 Å². The molecule has 2 saturated heterocycles. The molecule has 3 fully saturated rings. The van der Waals surface area contributed by atoms with Gasteiger partial charge < -0.3 is 14.9 Å². The summed E-state index contributed by atoms with van der Waals surface area (Å²) in [7, 11) is 0. The van der Waals surface area contributed by atoms with Crippen LogP contribution in [0.1, 0.15) is 28.8 Å². The van der Waals surface area contributed by atoms with E-state index in [-0.39, 0.29) is 12.1 Å². The molecule has 2 aliphatic heterocycles. The highest BCUT2D eigenvalue weighted by molar-refractivity contribution is 5.87. The summed E-state index contributed by atoms with van der Waals surface area (Å²) >= 11 is 0. The summed E-state index contributed by atoms with van der Waals surface area (Å²) in [5, 5.41) is 19.7. The van der Waals surface area contributed by atoms with Gasteiger partial charge in [0.25, 0.3) is 0 Å². The predicted octanol–water partition coefficient (Wildman–Crippen LogP) is 1.29. The Morgan fingerprint density at radius 2 is 1.73 bits per heavy atom. The average molecular weight is 360 g/mol. The molecule has 26 heavy (non-hydrogen) atoms. The molecular weight excluding hydrogens is 332 g/mol. The van der Waals surface area contributed by atoms with Gasteiger partial charge in [0.15, 0.2) is 0 Å². The standard InChI is InChI=1S/C20H28N2O4/c23-19-10-17-13-21(11-14-1-3-15(4-2-14)20(24)25)12-16(17)9-18(19)22-5-7-26-8-6-22/h1-4,16-19,23H,5-13H2,(H,24,25)/t16-,17+,18-,19-/m1/s1. The molecule has 3 aliphatic rings. The smallest absolute Gasteiger partial charge is 0.335 e. The van der Waals surface area contributed by atoms with Crippen LogP contribution in [0.25, 0.3) is 0 Å². The Balaban J connectivity index is 1.36. The molecule has 0 unspecified atom stereocenters. The normalized spacial score (nSPS) is 33.1. The Bertz CT molecular complexity index is 629. The van der Waals surface area contributed by atoms with Crippen LogP contribution in [-0.2, 0) is 11.3 Å². The Morgan fingerprint density at radius 1 is 1.08 bits per heavy atom. The Kier molecular flexibility index (Phi) is 5.27. The number of carboxylic acids is 1. The zero-order valence-corrected chi connectivity index (χ0v) is 15.1. The quantitative estimate of drug-likeness (QED) is 0.843. The summed E-state index contributed by atoms with van der Waals surface area (Å²) in [6.07, 6.45) is 1.73. The monoisotopic (exact) mass is 360 g/mol. The van der Waals surface area contributed by atoms with E-state index in [9.17, 15) is 9.90 Å². The lowest BCUT2D eigenvalue weighted by Crippen LogP contribution is -2.53. The first kappa shape index (κ1) is 17.9. The van der Waals surface area contributed by atoms with E-state index in [1.54, 1.807) is 12.1 Å². The molecule has 6 heteroatoms. The largest absolute Gasteiger partial charge is 0.478 e. The topological polar surface area (TPSA) is 73.2 Å². The maximum Gasteiger partial charge on any atom is 0.335 e. The van der Waals surface area contributed by atoms with Crippen molar-refractivity contribution in [1.29, 1.82) is 0 Å². The Labute approximate surface area is 154 Å². The van der Waals surface area contributed by atoms with Gasteiger partial charge in [-0.1, -0.05) is 12.1 Å². The van der Waals surface area contributed by atoms with Gasteiger partial charge in [-0.3, -0.25) is 9.80 Å². The average Bonchev–Trinajstić information content (AvgIpc) is 3.03. The molecule has 6 nitrogen and oxygen atoms in total. The van der Waals surface area contributed by atoms with E-state index >= 15 is 0 Å². The van der Waals surface area contributed by atoms with Gasteiger partial charge in [-0.05, 0) is 42.4 Å². The van der Waals surface area contributed by atoms with Crippen molar-refractivity contribution in [3.05, 3.63) is 35.4 Å². The molecule has 142 valence electrons. The summed E-state index contributed by atoms with van der Waals surface area (Å²) < 4.78 is 5.45. The zero-order chi connectivity index (χ0) is 18.1. The number of hydrogen-bond donors (Lipinski definition) is 2. The molecule has 4 atom stereocenters.